The van der Waals surface area contributed by atoms with Crippen molar-refractivity contribution >= 4 is 17.3 Å². The van der Waals surface area contributed by atoms with Gasteiger partial charge in [-0.15, -0.1) is 0 Å². The first-order valence-corrected chi connectivity index (χ1v) is 5.51. The van der Waals surface area contributed by atoms with E-state index in [4.69, 9.17) is 10.5 Å². The van der Waals surface area contributed by atoms with Gasteiger partial charge in [0.25, 0.3) is 5.91 Å². The second-order valence-corrected chi connectivity index (χ2v) is 3.98. The molecule has 1 aliphatic heterocycles. The summed E-state index contributed by atoms with van der Waals surface area (Å²) in [5, 5.41) is 0. The predicted octanol–water partition coefficient (Wildman–Crippen LogP) is 1.79. The summed E-state index contributed by atoms with van der Waals surface area (Å²) in [6.45, 7) is 4.51. The number of hydrogen-bond donors (Lipinski definition) is 1. The SMILES string of the molecule is CCCN1C(=O)C(C)Oc2ccc(N)cc21. The van der Waals surface area contributed by atoms with E-state index in [0.717, 1.165) is 17.9 Å². The minimum atomic E-state index is -0.414. The number of carbonyl (C=O) groups is 1. The molecule has 1 atom stereocenters. The van der Waals surface area contributed by atoms with Crippen LogP contribution in [0.15, 0.2) is 18.2 Å². The van der Waals surface area contributed by atoms with Crippen molar-refractivity contribution in [1.82, 2.24) is 0 Å². The number of ether oxygens (including phenoxy) is 1. The number of nitrogens with two attached hydrogens (primary N) is 1. The van der Waals surface area contributed by atoms with E-state index < -0.39 is 6.10 Å². The largest absolute Gasteiger partial charge is 0.479 e. The van der Waals surface area contributed by atoms with E-state index in [2.05, 4.69) is 0 Å². The molecule has 0 bridgehead atoms. The average Bonchev–Trinajstić information content (AvgIpc) is 2.26. The minimum Gasteiger partial charge on any atom is -0.479 e. The lowest BCUT2D eigenvalue weighted by Crippen LogP contribution is -2.44. The highest BCUT2D eigenvalue weighted by atomic mass is 16.5. The van der Waals surface area contributed by atoms with Crippen LogP contribution >= 0.6 is 0 Å². The zero-order valence-corrected chi connectivity index (χ0v) is 9.56. The molecule has 0 saturated heterocycles. The number of nitrogens with zero attached hydrogens (tertiary/aromatic N) is 1. The van der Waals surface area contributed by atoms with E-state index in [-0.39, 0.29) is 5.91 Å². The highest BCUT2D eigenvalue weighted by Gasteiger charge is 2.30. The predicted molar refractivity (Wildman–Crippen MR) is 63.6 cm³/mol. The molecule has 1 aromatic carbocycles. The first-order valence-electron chi connectivity index (χ1n) is 5.51. The number of hydrogen-bond acceptors (Lipinski definition) is 3. The van der Waals surface area contributed by atoms with Gasteiger partial charge in [-0.3, -0.25) is 4.79 Å². The fourth-order valence-corrected chi connectivity index (χ4v) is 1.88. The number of rotatable bonds is 2. The van der Waals surface area contributed by atoms with Gasteiger partial charge in [-0.25, -0.2) is 0 Å². The lowest BCUT2D eigenvalue weighted by molar-refractivity contribution is -0.125. The Morgan fingerprint density at radius 2 is 2.25 bits per heavy atom. The van der Waals surface area contributed by atoms with Gasteiger partial charge in [0.05, 0.1) is 5.69 Å². The van der Waals surface area contributed by atoms with Crippen LogP contribution in [0.3, 0.4) is 0 Å². The van der Waals surface area contributed by atoms with Crippen molar-refractivity contribution in [1.29, 1.82) is 0 Å². The lowest BCUT2D eigenvalue weighted by atomic mass is 10.1. The van der Waals surface area contributed by atoms with Gasteiger partial charge in [0.15, 0.2) is 6.10 Å². The third-order valence-corrected chi connectivity index (χ3v) is 2.64. The molecule has 1 aromatic rings. The summed E-state index contributed by atoms with van der Waals surface area (Å²) in [6.07, 6.45) is 0.495. The number of amides is 1. The molecule has 0 aliphatic carbocycles. The Bertz CT molecular complexity index is 417. The molecule has 4 heteroatoms. The fraction of sp³-hybridized carbons (Fsp3) is 0.417. The van der Waals surface area contributed by atoms with Gasteiger partial charge in [-0.1, -0.05) is 6.92 Å². The Labute approximate surface area is 95.0 Å². The van der Waals surface area contributed by atoms with Gasteiger partial charge in [-0.2, -0.15) is 0 Å². The first kappa shape index (κ1) is 10.8. The molecule has 1 heterocycles. The fourth-order valence-electron chi connectivity index (χ4n) is 1.88. The van der Waals surface area contributed by atoms with Crippen molar-refractivity contribution in [3.63, 3.8) is 0 Å². The molecule has 4 nitrogen and oxygen atoms in total. The molecule has 86 valence electrons. The van der Waals surface area contributed by atoms with Crippen molar-refractivity contribution in [3.05, 3.63) is 18.2 Å². The van der Waals surface area contributed by atoms with Crippen LogP contribution in [0.1, 0.15) is 20.3 Å². The quantitative estimate of drug-likeness (QED) is 0.773. The Morgan fingerprint density at radius 3 is 2.94 bits per heavy atom. The van der Waals surface area contributed by atoms with Gasteiger partial charge < -0.3 is 15.4 Å². The highest BCUT2D eigenvalue weighted by molar-refractivity contribution is 6.00. The summed E-state index contributed by atoms with van der Waals surface area (Å²) < 4.78 is 5.53. The van der Waals surface area contributed by atoms with Crippen LogP contribution in [-0.2, 0) is 4.79 Å². The van der Waals surface area contributed by atoms with E-state index in [1.807, 2.05) is 13.0 Å². The van der Waals surface area contributed by atoms with Crippen molar-refractivity contribution in [2.45, 2.75) is 26.4 Å². The van der Waals surface area contributed by atoms with Gasteiger partial charge >= 0.3 is 0 Å². The van der Waals surface area contributed by atoms with Crippen LogP contribution in [0.25, 0.3) is 0 Å². The van der Waals surface area contributed by atoms with E-state index in [1.54, 1.807) is 24.0 Å². The number of benzene rings is 1. The molecule has 0 radical (unpaired) electrons. The van der Waals surface area contributed by atoms with Gasteiger partial charge in [0, 0.05) is 12.2 Å². The monoisotopic (exact) mass is 220 g/mol. The average molecular weight is 220 g/mol. The number of nitrogen functional groups attached to an aromatic ring is 1. The molecule has 1 unspecified atom stereocenters. The van der Waals surface area contributed by atoms with E-state index in [1.165, 1.54) is 0 Å². The summed E-state index contributed by atoms with van der Waals surface area (Å²) in [4.78, 5) is 13.7. The summed E-state index contributed by atoms with van der Waals surface area (Å²) in [5.41, 5.74) is 7.15. The third kappa shape index (κ3) is 1.71. The van der Waals surface area contributed by atoms with Crippen LogP contribution < -0.4 is 15.4 Å². The number of anilines is 2. The van der Waals surface area contributed by atoms with Crippen LogP contribution in [0.2, 0.25) is 0 Å². The molecule has 16 heavy (non-hydrogen) atoms. The molecule has 1 aliphatic rings. The zero-order valence-electron chi connectivity index (χ0n) is 9.56. The summed E-state index contributed by atoms with van der Waals surface area (Å²) in [6, 6.07) is 5.39. The standard InChI is InChI=1S/C12H16N2O2/c1-3-6-14-10-7-9(13)4-5-11(10)16-8(2)12(14)15/h4-5,7-8H,3,6,13H2,1-2H3. The molecular formula is C12H16N2O2. The zero-order chi connectivity index (χ0) is 11.7. The highest BCUT2D eigenvalue weighted by Crippen LogP contribution is 2.35. The Kier molecular flexibility index (Phi) is 2.73. The van der Waals surface area contributed by atoms with Crippen LogP contribution in [0.4, 0.5) is 11.4 Å². The maximum Gasteiger partial charge on any atom is 0.267 e. The maximum absolute atomic E-state index is 11.9. The molecule has 1 amide bonds. The minimum absolute atomic E-state index is 0.0000463. The summed E-state index contributed by atoms with van der Waals surface area (Å²) in [5.74, 6) is 0.731. The van der Waals surface area contributed by atoms with Crippen molar-refractivity contribution < 1.29 is 9.53 Å². The normalized spacial score (nSPS) is 19.2. The second-order valence-electron chi connectivity index (χ2n) is 3.98. The molecule has 0 saturated carbocycles. The molecule has 0 spiro atoms. The molecular weight excluding hydrogens is 204 g/mol. The Balaban J connectivity index is 2.45. The van der Waals surface area contributed by atoms with Crippen molar-refractivity contribution in [2.75, 3.05) is 17.2 Å². The van der Waals surface area contributed by atoms with Crippen molar-refractivity contribution in [3.8, 4) is 5.75 Å². The number of fused-ring (bicyclic) bond motifs is 1. The maximum atomic E-state index is 11.9. The molecule has 2 rings (SSSR count). The third-order valence-electron chi connectivity index (χ3n) is 2.64. The van der Waals surface area contributed by atoms with Gasteiger partial charge in [-0.05, 0) is 31.5 Å². The summed E-state index contributed by atoms with van der Waals surface area (Å²) in [7, 11) is 0. The Hall–Kier alpha value is -1.71. The van der Waals surface area contributed by atoms with E-state index in [0.29, 0.717) is 12.2 Å². The van der Waals surface area contributed by atoms with E-state index in [9.17, 15) is 4.79 Å². The number of carbonyl (C=O) groups excluding carboxylic acids is 1. The topological polar surface area (TPSA) is 55.6 Å². The summed E-state index contributed by atoms with van der Waals surface area (Å²) >= 11 is 0. The van der Waals surface area contributed by atoms with Crippen LogP contribution in [0.5, 0.6) is 5.75 Å². The van der Waals surface area contributed by atoms with Gasteiger partial charge in [0.2, 0.25) is 0 Å². The van der Waals surface area contributed by atoms with Gasteiger partial charge in [0.1, 0.15) is 5.75 Å². The van der Waals surface area contributed by atoms with E-state index >= 15 is 0 Å². The van der Waals surface area contributed by atoms with Crippen molar-refractivity contribution in [2.24, 2.45) is 0 Å². The molecule has 0 aromatic heterocycles. The lowest BCUT2D eigenvalue weighted by Gasteiger charge is -2.33. The van der Waals surface area contributed by atoms with Crippen LogP contribution in [0, 0.1) is 0 Å². The first-order chi connectivity index (χ1) is 7.63. The second kappa shape index (κ2) is 4.04. The Morgan fingerprint density at radius 1 is 1.50 bits per heavy atom. The molecule has 2 N–H and O–H groups in total. The molecule has 0 fully saturated rings. The smallest absolute Gasteiger partial charge is 0.267 e. The van der Waals surface area contributed by atoms with Crippen LogP contribution in [-0.4, -0.2) is 18.6 Å².